The molecule has 0 unspecified atom stereocenters. The highest BCUT2D eigenvalue weighted by Crippen LogP contribution is 2.30. The molecule has 0 aliphatic carbocycles. The van der Waals surface area contributed by atoms with Crippen molar-refractivity contribution < 1.29 is 14.4 Å². The predicted octanol–water partition coefficient (Wildman–Crippen LogP) is 5.81. The molecule has 0 aliphatic rings. The number of thiazole rings is 1. The van der Waals surface area contributed by atoms with Crippen LogP contribution in [0.4, 0.5) is 5.69 Å². The Hall–Kier alpha value is -2.93. The number of fused-ring (bicyclic) bond motifs is 1. The predicted molar refractivity (Wildman–Crippen MR) is 113 cm³/mol. The standard InChI is InChI=1S/C21H22N2O4S/c1-14(2)10-11-27-18-8-4-15(12-19(18)26-3)5-9-21-22-17-7-6-16(23(24)25)13-20(17)28-21/h4-9,12-14H,10-11H2,1-3H3. The van der Waals surface area contributed by atoms with Crippen molar-refractivity contribution in [1.82, 2.24) is 4.98 Å². The van der Waals surface area contributed by atoms with Crippen molar-refractivity contribution in [2.75, 3.05) is 13.7 Å². The summed E-state index contributed by atoms with van der Waals surface area (Å²) in [5, 5.41) is 11.7. The Bertz CT molecular complexity index is 1010. The fourth-order valence-electron chi connectivity index (χ4n) is 2.60. The molecule has 3 aromatic rings. The van der Waals surface area contributed by atoms with Gasteiger partial charge in [0.25, 0.3) is 5.69 Å². The second-order valence-corrected chi connectivity index (χ2v) is 7.80. The Labute approximate surface area is 167 Å². The topological polar surface area (TPSA) is 74.5 Å². The lowest BCUT2D eigenvalue weighted by molar-refractivity contribution is -0.384. The van der Waals surface area contributed by atoms with Gasteiger partial charge in [-0.05, 0) is 42.2 Å². The summed E-state index contributed by atoms with van der Waals surface area (Å²) < 4.78 is 12.0. The van der Waals surface area contributed by atoms with Gasteiger partial charge in [-0.1, -0.05) is 26.0 Å². The Morgan fingerprint density at radius 3 is 2.71 bits per heavy atom. The van der Waals surface area contributed by atoms with Crippen molar-refractivity contribution in [1.29, 1.82) is 0 Å². The average Bonchev–Trinajstić information content (AvgIpc) is 3.08. The van der Waals surface area contributed by atoms with Gasteiger partial charge in [0, 0.05) is 12.1 Å². The molecular formula is C21H22N2O4S. The molecule has 3 rings (SSSR count). The van der Waals surface area contributed by atoms with E-state index in [2.05, 4.69) is 18.8 Å². The summed E-state index contributed by atoms with van der Waals surface area (Å²) in [6, 6.07) is 10.5. The van der Waals surface area contributed by atoms with Gasteiger partial charge >= 0.3 is 0 Å². The summed E-state index contributed by atoms with van der Waals surface area (Å²) in [6.07, 6.45) is 4.82. The van der Waals surface area contributed by atoms with E-state index in [-0.39, 0.29) is 5.69 Å². The molecular weight excluding hydrogens is 376 g/mol. The molecule has 1 heterocycles. The number of non-ortho nitro benzene ring substituents is 1. The number of rotatable bonds is 8. The zero-order chi connectivity index (χ0) is 20.1. The summed E-state index contributed by atoms with van der Waals surface area (Å²) in [6.45, 7) is 4.98. The van der Waals surface area contributed by atoms with Crippen LogP contribution >= 0.6 is 11.3 Å². The fraction of sp³-hybridized carbons (Fsp3) is 0.286. The molecule has 2 aromatic carbocycles. The molecule has 7 heteroatoms. The fourth-order valence-corrected chi connectivity index (χ4v) is 3.50. The van der Waals surface area contributed by atoms with E-state index in [1.54, 1.807) is 19.2 Å². The van der Waals surface area contributed by atoms with Crippen LogP contribution in [0.1, 0.15) is 30.8 Å². The lowest BCUT2D eigenvalue weighted by Crippen LogP contribution is -2.02. The van der Waals surface area contributed by atoms with Crippen molar-refractivity contribution in [2.24, 2.45) is 5.92 Å². The van der Waals surface area contributed by atoms with Crippen LogP contribution in [-0.2, 0) is 0 Å². The van der Waals surface area contributed by atoms with Gasteiger partial charge in [0.1, 0.15) is 5.01 Å². The zero-order valence-electron chi connectivity index (χ0n) is 16.0. The first kappa shape index (κ1) is 19.8. The van der Waals surface area contributed by atoms with Crippen molar-refractivity contribution in [2.45, 2.75) is 20.3 Å². The lowest BCUT2D eigenvalue weighted by Gasteiger charge is -2.12. The second-order valence-electron chi connectivity index (χ2n) is 6.74. The third kappa shape index (κ3) is 4.86. The summed E-state index contributed by atoms with van der Waals surface area (Å²) in [5.41, 5.74) is 1.78. The van der Waals surface area contributed by atoms with Crippen molar-refractivity contribution >= 4 is 39.4 Å². The Kier molecular flexibility index (Phi) is 6.26. The molecule has 1 aromatic heterocycles. The van der Waals surface area contributed by atoms with Crippen molar-refractivity contribution in [3.63, 3.8) is 0 Å². The molecule has 6 nitrogen and oxygen atoms in total. The van der Waals surface area contributed by atoms with E-state index in [1.807, 2.05) is 30.4 Å². The number of nitro benzene ring substituents is 1. The van der Waals surface area contributed by atoms with Gasteiger partial charge in [0.2, 0.25) is 0 Å². The van der Waals surface area contributed by atoms with E-state index in [0.29, 0.717) is 18.3 Å². The minimum atomic E-state index is -0.397. The SMILES string of the molecule is COc1cc(C=Cc2nc3ccc([N+](=O)[O-])cc3s2)ccc1OCCC(C)C. The number of nitrogens with zero attached hydrogens (tertiary/aromatic N) is 2. The highest BCUT2D eigenvalue weighted by Gasteiger charge is 2.09. The minimum absolute atomic E-state index is 0.0736. The molecule has 0 N–H and O–H groups in total. The minimum Gasteiger partial charge on any atom is -0.493 e. The maximum atomic E-state index is 10.9. The third-order valence-corrected chi connectivity index (χ3v) is 5.14. The molecule has 0 bridgehead atoms. The summed E-state index contributed by atoms with van der Waals surface area (Å²) >= 11 is 1.42. The lowest BCUT2D eigenvalue weighted by atomic mass is 10.1. The molecule has 0 saturated heterocycles. The van der Waals surface area contributed by atoms with Crippen molar-refractivity contribution in [3.05, 3.63) is 57.1 Å². The van der Waals surface area contributed by atoms with E-state index in [1.165, 1.54) is 17.4 Å². The highest BCUT2D eigenvalue weighted by atomic mass is 32.1. The highest BCUT2D eigenvalue weighted by molar-refractivity contribution is 7.19. The monoisotopic (exact) mass is 398 g/mol. The van der Waals surface area contributed by atoms with E-state index < -0.39 is 4.92 Å². The summed E-state index contributed by atoms with van der Waals surface area (Å²) in [4.78, 5) is 15.0. The smallest absolute Gasteiger partial charge is 0.270 e. The molecule has 0 saturated carbocycles. The maximum Gasteiger partial charge on any atom is 0.270 e. The Morgan fingerprint density at radius 1 is 1.18 bits per heavy atom. The van der Waals surface area contributed by atoms with Crippen LogP contribution < -0.4 is 9.47 Å². The van der Waals surface area contributed by atoms with E-state index >= 15 is 0 Å². The Balaban J connectivity index is 1.76. The normalized spacial score (nSPS) is 11.4. The number of methoxy groups -OCH3 is 1. The van der Waals surface area contributed by atoms with Crippen LogP contribution in [0.25, 0.3) is 22.4 Å². The first-order valence-electron chi connectivity index (χ1n) is 9.00. The Morgan fingerprint density at radius 2 is 2.00 bits per heavy atom. The number of benzene rings is 2. The molecule has 0 amide bonds. The second kappa shape index (κ2) is 8.84. The summed E-state index contributed by atoms with van der Waals surface area (Å²) in [5.74, 6) is 2.00. The van der Waals surface area contributed by atoms with Crippen LogP contribution in [0.15, 0.2) is 36.4 Å². The quantitative estimate of drug-likeness (QED) is 0.354. The molecule has 0 atom stereocenters. The van der Waals surface area contributed by atoms with Crippen LogP contribution in [-0.4, -0.2) is 23.6 Å². The molecule has 0 radical (unpaired) electrons. The number of aromatic nitrogens is 1. The van der Waals surface area contributed by atoms with Gasteiger partial charge in [0.05, 0.1) is 28.9 Å². The molecule has 146 valence electrons. The van der Waals surface area contributed by atoms with Gasteiger partial charge in [-0.25, -0.2) is 4.98 Å². The van der Waals surface area contributed by atoms with Crippen LogP contribution in [0, 0.1) is 16.0 Å². The van der Waals surface area contributed by atoms with Gasteiger partial charge in [-0.15, -0.1) is 11.3 Å². The van der Waals surface area contributed by atoms with Crippen LogP contribution in [0.2, 0.25) is 0 Å². The molecule has 28 heavy (non-hydrogen) atoms. The number of hydrogen-bond donors (Lipinski definition) is 0. The molecule has 0 aliphatic heterocycles. The van der Waals surface area contributed by atoms with E-state index in [4.69, 9.17) is 9.47 Å². The first-order chi connectivity index (χ1) is 13.5. The molecule has 0 spiro atoms. The summed E-state index contributed by atoms with van der Waals surface area (Å²) in [7, 11) is 1.62. The largest absolute Gasteiger partial charge is 0.493 e. The average molecular weight is 398 g/mol. The van der Waals surface area contributed by atoms with Gasteiger partial charge in [-0.2, -0.15) is 0 Å². The number of ether oxygens (including phenoxy) is 2. The maximum absolute atomic E-state index is 10.9. The number of nitro groups is 1. The number of hydrogen-bond acceptors (Lipinski definition) is 6. The third-order valence-electron chi connectivity index (χ3n) is 4.16. The van der Waals surface area contributed by atoms with Gasteiger partial charge in [-0.3, -0.25) is 10.1 Å². The van der Waals surface area contributed by atoms with E-state index in [0.717, 1.165) is 33.0 Å². The van der Waals surface area contributed by atoms with Crippen LogP contribution in [0.5, 0.6) is 11.5 Å². The van der Waals surface area contributed by atoms with Crippen LogP contribution in [0.3, 0.4) is 0 Å². The zero-order valence-corrected chi connectivity index (χ0v) is 16.9. The molecule has 0 fully saturated rings. The van der Waals surface area contributed by atoms with Crippen molar-refractivity contribution in [3.8, 4) is 11.5 Å². The van der Waals surface area contributed by atoms with Gasteiger partial charge in [0.15, 0.2) is 11.5 Å². The first-order valence-corrected chi connectivity index (χ1v) is 9.82. The van der Waals surface area contributed by atoms with E-state index in [9.17, 15) is 10.1 Å². The van der Waals surface area contributed by atoms with Gasteiger partial charge < -0.3 is 9.47 Å².